The number of hydrogen-bond acceptors (Lipinski definition) is 25. The largest absolute Gasteiger partial charge is 0.494 e. The van der Waals surface area contributed by atoms with Crippen LogP contribution < -0.4 is 65.4 Å². The number of halogens is 2. The highest BCUT2D eigenvalue weighted by atomic mass is 35.5. The lowest BCUT2D eigenvalue weighted by Gasteiger charge is -2.32. The van der Waals surface area contributed by atoms with E-state index < -0.39 is 0 Å². The monoisotopic (exact) mass is 1750 g/mol. The van der Waals surface area contributed by atoms with Crippen LogP contribution in [0, 0.1) is 11.3 Å². The molecule has 0 radical (unpaired) electrons. The summed E-state index contributed by atoms with van der Waals surface area (Å²) in [6.45, 7) is 25.6. The molecule has 11 heterocycles. The van der Waals surface area contributed by atoms with Gasteiger partial charge in [-0.15, -0.1) is 0 Å². The van der Waals surface area contributed by atoms with Crippen molar-refractivity contribution in [2.24, 2.45) is 0 Å². The van der Waals surface area contributed by atoms with E-state index >= 15 is 0 Å². The molecule has 6 aromatic carbocycles. The van der Waals surface area contributed by atoms with Gasteiger partial charge >= 0.3 is 0 Å². The summed E-state index contributed by atoms with van der Waals surface area (Å²) in [6.07, 6.45) is 19.0. The maximum Gasteiger partial charge on any atom is 0.247 e. The molecular formula is C94H104Cl2N22O9. The smallest absolute Gasteiger partial charge is 0.247 e. The number of benzene rings is 6. The van der Waals surface area contributed by atoms with Crippen molar-refractivity contribution in [1.29, 1.82) is 5.26 Å². The number of likely N-dealkylation sites (N-methyl/N-ethyl adjacent to an activating group) is 4. The van der Waals surface area contributed by atoms with Crippen molar-refractivity contribution in [3.05, 3.63) is 193 Å². The molecule has 2 saturated heterocycles. The second kappa shape index (κ2) is 40.3. The Labute approximate surface area is 747 Å². The second-order valence-electron chi connectivity index (χ2n) is 31.6. The first-order valence-corrected chi connectivity index (χ1v) is 42.9. The molecule has 31 nitrogen and oxygen atoms in total. The van der Waals surface area contributed by atoms with Crippen molar-refractivity contribution < 1.29 is 42.8 Å². The van der Waals surface area contributed by atoms with Crippen LogP contribution in [0.1, 0.15) is 29.5 Å². The van der Waals surface area contributed by atoms with Crippen molar-refractivity contribution in [2.45, 2.75) is 45.3 Å². The number of para-hydroxylation sites is 3. The third kappa shape index (κ3) is 20.2. The van der Waals surface area contributed by atoms with E-state index in [1.807, 2.05) is 33.3 Å². The van der Waals surface area contributed by atoms with Crippen molar-refractivity contribution in [2.75, 3.05) is 197 Å². The number of amides is 3. The highest BCUT2D eigenvalue weighted by molar-refractivity contribution is 6.34. The summed E-state index contributed by atoms with van der Waals surface area (Å²) < 4.78 is 41.6. The summed E-state index contributed by atoms with van der Waals surface area (Å²) in [6, 6.07) is 31.8. The van der Waals surface area contributed by atoms with Crippen LogP contribution in [0.5, 0.6) is 28.7 Å². The van der Waals surface area contributed by atoms with Crippen LogP contribution >= 0.6 is 23.2 Å². The fraction of sp³-hybridized carbons (Fsp3) is 0.319. The van der Waals surface area contributed by atoms with Gasteiger partial charge in [-0.25, -0.2) is 29.9 Å². The summed E-state index contributed by atoms with van der Waals surface area (Å²) >= 11 is 13.3. The predicted octanol–water partition coefficient (Wildman–Crippen LogP) is 14.8. The fourth-order valence-corrected chi connectivity index (χ4v) is 16.8. The van der Waals surface area contributed by atoms with Gasteiger partial charge in [0.1, 0.15) is 48.0 Å². The molecule has 0 spiro atoms. The van der Waals surface area contributed by atoms with E-state index in [2.05, 4.69) is 197 Å². The number of nitrogens with zero attached hydrogens (tertiary/aromatic N) is 16. The molecule has 12 aromatic rings. The number of carbonyl (C=O) groups excluding carboxylic acids is 3. The van der Waals surface area contributed by atoms with Crippen LogP contribution in [0.2, 0.25) is 10.0 Å². The van der Waals surface area contributed by atoms with E-state index in [0.717, 1.165) is 167 Å². The van der Waals surface area contributed by atoms with Gasteiger partial charge in [0, 0.05) is 175 Å². The summed E-state index contributed by atoms with van der Waals surface area (Å²) in [5, 5.41) is 32.5. The third-order valence-electron chi connectivity index (χ3n) is 23.1. The zero-order valence-corrected chi connectivity index (χ0v) is 74.1. The molecule has 0 bridgehead atoms. The average Bonchev–Trinajstić information content (AvgIpc) is 1.60. The number of morpholine rings is 1. The van der Waals surface area contributed by atoms with Crippen LogP contribution in [0.25, 0.3) is 66.5 Å². The van der Waals surface area contributed by atoms with Gasteiger partial charge in [0.05, 0.1) is 148 Å². The number of nitrogens with one attached hydrogen (secondary N) is 6. The zero-order chi connectivity index (χ0) is 88.9. The van der Waals surface area contributed by atoms with E-state index in [9.17, 15) is 19.6 Å². The number of ether oxygens (including phenoxy) is 6. The number of aryl methyl sites for hydroxylation is 4. The molecule has 6 aromatic heterocycles. The topological polar surface area (TPSA) is 314 Å². The van der Waals surface area contributed by atoms with Crippen molar-refractivity contribution in [3.8, 4) is 68.6 Å². The van der Waals surface area contributed by atoms with Crippen LogP contribution in [-0.4, -0.2) is 236 Å². The van der Waals surface area contributed by atoms with Crippen molar-refractivity contribution in [3.63, 3.8) is 0 Å². The van der Waals surface area contributed by atoms with Gasteiger partial charge in [-0.2, -0.15) is 5.26 Å². The molecule has 0 saturated carbocycles. The fourth-order valence-electron chi connectivity index (χ4n) is 16.4. The quantitative estimate of drug-likeness (QED) is 0.0228. The van der Waals surface area contributed by atoms with Gasteiger partial charge in [-0.1, -0.05) is 91.5 Å². The molecule has 6 N–H and O–H groups in total. The molecule has 127 heavy (non-hydrogen) atoms. The van der Waals surface area contributed by atoms with Crippen LogP contribution in [-0.2, 0) is 51.6 Å². The molecule has 0 unspecified atom stereocenters. The van der Waals surface area contributed by atoms with Gasteiger partial charge in [-0.05, 0) is 100 Å². The summed E-state index contributed by atoms with van der Waals surface area (Å²) in [4.78, 5) is 78.1. The number of carbonyl (C=O) groups is 3. The van der Waals surface area contributed by atoms with E-state index in [1.165, 1.54) is 46.6 Å². The molecule has 5 aliphatic rings. The molecule has 0 atom stereocenters. The maximum atomic E-state index is 12.3. The third-order valence-corrected chi connectivity index (χ3v) is 23.6. The predicted molar refractivity (Wildman–Crippen MR) is 503 cm³/mol. The van der Waals surface area contributed by atoms with Gasteiger partial charge in [-0.3, -0.25) is 24.2 Å². The second-order valence-corrected chi connectivity index (χ2v) is 32.4. The number of rotatable bonds is 30. The maximum absolute atomic E-state index is 12.3. The number of aromatic nitrogens is 9. The highest BCUT2D eigenvalue weighted by Crippen LogP contribution is 2.46. The molecule has 658 valence electrons. The van der Waals surface area contributed by atoms with Crippen LogP contribution in [0.3, 0.4) is 0 Å². The number of methoxy groups -OCH3 is 3. The Morgan fingerprint density at radius 2 is 0.953 bits per heavy atom. The van der Waals surface area contributed by atoms with Gasteiger partial charge in [0.15, 0.2) is 0 Å². The standard InChI is InChI=1S/C32H36ClN7O3.C31H33ClN6O4.C31H35N9O2/c1-4-29(41)35-26-17-25(27(42-3)18-28(26)43-16-15-39-13-11-38(2)12-14-39)36-32-34-19-24(33)30(37-32)23-20-40-10-6-8-21-7-5-9-22(23)31(21)40;1-3-28(39)34-25-16-24(26(40-2)17-27(25)42-15-12-37-10-13-41-14-11-37)35-31-33-18-23(32)29(36-31)22-19-38-9-5-7-20-6-4-8-21(22)30(20)38;1-7-28(41)34-23-15-24(27(42-6)16-26(23)39(5)12-11-37(2)3)35-31-33-18-20(17-32)29(36-31)22-19-40-14-13-38(4)25-10-8-9-21(22)30(25)40/h4-5,7,9,17-20H,1,6,8,10-16H2,2-3H3,(H,35,41)(H,34,36,37);3-4,6,8,16-19H,1,5,7,9-15H2,2H3,(H,34,39)(H,33,35,36);7-10,15-16,18-19H,1,11-14H2,2-6H3,(H,34,41)(H,33,35,36). The van der Waals surface area contributed by atoms with E-state index in [-0.39, 0.29) is 17.7 Å². The zero-order valence-electron chi connectivity index (χ0n) is 72.6. The van der Waals surface area contributed by atoms with Crippen molar-refractivity contribution >= 4 is 137 Å². The van der Waals surface area contributed by atoms with E-state index in [1.54, 1.807) is 64.1 Å². The lowest BCUT2D eigenvalue weighted by atomic mass is 10.0. The van der Waals surface area contributed by atoms with Crippen LogP contribution in [0.4, 0.5) is 63.3 Å². The first kappa shape index (κ1) is 88.5. The number of anilines is 11. The average molecular weight is 1760 g/mol. The van der Waals surface area contributed by atoms with E-state index in [0.29, 0.717) is 140 Å². The minimum Gasteiger partial charge on any atom is -0.494 e. The molecular weight excluding hydrogens is 1650 g/mol. The molecule has 5 aliphatic heterocycles. The number of hydrogen-bond donors (Lipinski definition) is 6. The molecule has 0 aliphatic carbocycles. The summed E-state index contributed by atoms with van der Waals surface area (Å²) in [7, 11) is 14.9. The Bertz CT molecular complexity index is 6170. The lowest BCUT2D eigenvalue weighted by molar-refractivity contribution is -0.112. The molecule has 17 rings (SSSR count). The van der Waals surface area contributed by atoms with Gasteiger partial charge < -0.3 is 93.6 Å². The molecule has 3 amide bonds. The Hall–Kier alpha value is -13.3. The first-order valence-electron chi connectivity index (χ1n) is 42.2. The Morgan fingerprint density at radius 1 is 0.512 bits per heavy atom. The summed E-state index contributed by atoms with van der Waals surface area (Å²) in [5.41, 5.74) is 16.4. The Kier molecular flexibility index (Phi) is 28.1. The first-order chi connectivity index (χ1) is 61.7. The minimum absolute atomic E-state index is 0.293. The molecule has 33 heteroatoms. The molecule has 2 fully saturated rings. The summed E-state index contributed by atoms with van der Waals surface area (Å²) in [5.74, 6) is 2.47. The van der Waals surface area contributed by atoms with Crippen LogP contribution in [0.15, 0.2) is 166 Å². The minimum atomic E-state index is -0.359. The number of nitriles is 1. The number of piperazine rings is 1. The lowest BCUT2D eigenvalue weighted by Crippen LogP contribution is -2.45. The Balaban J connectivity index is 0.000000147. The Morgan fingerprint density at radius 3 is 1.44 bits per heavy atom. The SMILES string of the molecule is C=CC(=O)Nc1cc(Nc2ncc(C#N)c(-c3cn4c5c(cccc35)N(C)CC4)n2)c(OC)cc1N(C)CCN(C)C.C=CC(=O)Nc1cc(Nc2ncc(Cl)c(-c3cn4c5c(cccc35)CCC4)n2)c(OC)cc1OCCN1CCN(C)CC1.C=CC(=O)Nc1cc(Nc2ncc(Cl)c(-c3cn4c5c(cccc35)CCC4)n2)c(OC)cc1OCCN1CCOCC1. The van der Waals surface area contributed by atoms with Gasteiger partial charge in [0.2, 0.25) is 35.6 Å². The van der Waals surface area contributed by atoms with Crippen molar-refractivity contribution in [1.82, 2.24) is 63.2 Å². The van der Waals surface area contributed by atoms with Gasteiger partial charge in [0.25, 0.3) is 0 Å². The highest BCUT2D eigenvalue weighted by Gasteiger charge is 2.28. The normalized spacial score (nSPS) is 14.2. The van der Waals surface area contributed by atoms with E-state index in [4.69, 9.17) is 66.6 Å².